The van der Waals surface area contributed by atoms with Gasteiger partial charge in [-0.1, -0.05) is 17.7 Å². The maximum atomic E-state index is 12.0. The number of rotatable bonds is 1. The van der Waals surface area contributed by atoms with Gasteiger partial charge in [-0.2, -0.15) is 0 Å². The van der Waals surface area contributed by atoms with Gasteiger partial charge in [-0.25, -0.2) is 4.79 Å². The molecule has 9 atom stereocenters. The quantitative estimate of drug-likeness (QED) is 0.414. The molecule has 0 aromatic carbocycles. The molecule has 0 aromatic rings. The zero-order valence-corrected chi connectivity index (χ0v) is 16.4. The number of fused-ring (bicyclic) bond motifs is 9. The van der Waals surface area contributed by atoms with E-state index in [4.69, 9.17) is 4.74 Å². The fourth-order valence-corrected chi connectivity index (χ4v) is 8.59. The molecule has 6 aliphatic rings. The van der Waals surface area contributed by atoms with Crippen LogP contribution in [0.15, 0.2) is 29.0 Å². The molecule has 1 spiro atoms. The van der Waals surface area contributed by atoms with E-state index in [2.05, 4.69) is 24.2 Å². The zero-order chi connectivity index (χ0) is 19.3. The Bertz CT molecular complexity index is 830. The molecule has 2 N–H and O–H groups in total. The molecule has 5 heteroatoms. The van der Waals surface area contributed by atoms with Crippen LogP contribution < -0.4 is 0 Å². The fourth-order valence-electron chi connectivity index (χ4n) is 8.59. The minimum absolute atomic E-state index is 0.00850. The summed E-state index contributed by atoms with van der Waals surface area (Å²) in [6, 6.07) is 0. The molecule has 0 saturated heterocycles. The van der Waals surface area contributed by atoms with Crippen molar-refractivity contribution < 1.29 is 19.8 Å². The van der Waals surface area contributed by atoms with Crippen LogP contribution in [0.4, 0.5) is 0 Å². The second kappa shape index (κ2) is 5.50. The largest absolute Gasteiger partial charge is 0.451 e. The van der Waals surface area contributed by atoms with Crippen LogP contribution in [0.1, 0.15) is 45.4 Å². The van der Waals surface area contributed by atoms with Crippen molar-refractivity contribution in [2.45, 2.75) is 51.0 Å². The third-order valence-electron chi connectivity index (χ3n) is 9.58. The second-order valence-corrected chi connectivity index (χ2v) is 10.4. The molecule has 0 bridgehead atoms. The number of aliphatic hydroxyl groups excluding tert-OH is 1. The fraction of sp³-hybridized carbons (Fsp3) is 0.739. The molecule has 1 heterocycles. The number of hydrogen-bond donors (Lipinski definition) is 2. The van der Waals surface area contributed by atoms with Crippen LogP contribution in [0.3, 0.4) is 0 Å². The molecule has 0 amide bonds. The number of ether oxygens (including phenoxy) is 1. The Kier molecular flexibility index (Phi) is 3.39. The highest BCUT2D eigenvalue weighted by Crippen LogP contribution is 2.78. The Morgan fingerprint density at radius 3 is 2.89 bits per heavy atom. The van der Waals surface area contributed by atoms with Crippen molar-refractivity contribution >= 4 is 11.7 Å². The molecule has 1 aliphatic heterocycles. The molecule has 5 nitrogen and oxygen atoms in total. The van der Waals surface area contributed by atoms with E-state index >= 15 is 0 Å². The number of oxime groups is 1. The van der Waals surface area contributed by atoms with Crippen molar-refractivity contribution in [3.8, 4) is 0 Å². The lowest BCUT2D eigenvalue weighted by Crippen LogP contribution is -2.57. The van der Waals surface area contributed by atoms with E-state index in [1.165, 1.54) is 5.57 Å². The first-order chi connectivity index (χ1) is 13.5. The highest BCUT2D eigenvalue weighted by atomic mass is 16.6. The number of esters is 1. The van der Waals surface area contributed by atoms with Gasteiger partial charge in [-0.15, -0.1) is 0 Å². The lowest BCUT2D eigenvalue weighted by molar-refractivity contribution is -0.171. The molecule has 0 radical (unpaired) electrons. The number of aliphatic hydroxyl groups is 1. The first-order valence-corrected chi connectivity index (χ1v) is 11.0. The summed E-state index contributed by atoms with van der Waals surface area (Å²) in [6.07, 6.45) is 12.0. The normalized spacial score (nSPS) is 54.6. The van der Waals surface area contributed by atoms with Crippen molar-refractivity contribution in [1.82, 2.24) is 0 Å². The van der Waals surface area contributed by atoms with Crippen LogP contribution in [-0.2, 0) is 9.53 Å². The van der Waals surface area contributed by atoms with Crippen LogP contribution in [0.2, 0.25) is 0 Å². The van der Waals surface area contributed by atoms with Crippen LogP contribution in [0.25, 0.3) is 0 Å². The predicted molar refractivity (Wildman–Crippen MR) is 103 cm³/mol. The number of carbonyl (C=O) groups is 1. The summed E-state index contributed by atoms with van der Waals surface area (Å²) in [5.74, 6) is 3.36. The summed E-state index contributed by atoms with van der Waals surface area (Å²) < 4.78 is 6.05. The van der Waals surface area contributed by atoms with Crippen molar-refractivity contribution in [3.63, 3.8) is 0 Å². The van der Waals surface area contributed by atoms with Gasteiger partial charge in [0.15, 0.2) is 0 Å². The summed E-state index contributed by atoms with van der Waals surface area (Å²) in [6.45, 7) is 2.57. The summed E-state index contributed by atoms with van der Waals surface area (Å²) in [5.41, 5.74) is 1.76. The Morgan fingerprint density at radius 2 is 2.18 bits per heavy atom. The SMILES string of the molecule is C[C@]12CCC3C(C1[C@@H]1C[C@@H]1[C@@]21C=CC(=O)O1)[C@@H](CO)CC1=C/C(=N/O)CC[C@@H]13. The van der Waals surface area contributed by atoms with Crippen molar-refractivity contribution in [3.05, 3.63) is 23.8 Å². The molecule has 3 unspecified atom stereocenters. The highest BCUT2D eigenvalue weighted by Gasteiger charge is 2.78. The molecule has 6 rings (SSSR count). The van der Waals surface area contributed by atoms with Gasteiger partial charge in [-0.3, -0.25) is 0 Å². The van der Waals surface area contributed by atoms with E-state index in [-0.39, 0.29) is 23.9 Å². The average Bonchev–Trinajstić information content (AvgIpc) is 3.35. The van der Waals surface area contributed by atoms with Crippen LogP contribution in [0, 0.1) is 46.8 Å². The van der Waals surface area contributed by atoms with Crippen LogP contribution in [-0.4, -0.2) is 34.2 Å². The minimum atomic E-state index is -0.399. The van der Waals surface area contributed by atoms with E-state index in [9.17, 15) is 15.1 Å². The summed E-state index contributed by atoms with van der Waals surface area (Å²) in [5, 5.41) is 23.0. The number of allylic oxidation sites excluding steroid dienone is 2. The predicted octanol–water partition coefficient (Wildman–Crippen LogP) is 3.32. The number of nitrogens with zero attached hydrogens (tertiary/aromatic N) is 1. The van der Waals surface area contributed by atoms with Gasteiger partial charge in [0.2, 0.25) is 0 Å². The first-order valence-electron chi connectivity index (χ1n) is 11.0. The van der Waals surface area contributed by atoms with Crippen molar-refractivity contribution in [2.24, 2.45) is 52.0 Å². The first kappa shape index (κ1) is 17.3. The molecular formula is C23H29NO4. The van der Waals surface area contributed by atoms with Gasteiger partial charge in [0.25, 0.3) is 0 Å². The van der Waals surface area contributed by atoms with Crippen LogP contribution >= 0.6 is 0 Å². The standard InChI is InChI=1S/C23H29NO4/c1-22-6-4-16-15-3-2-14(24-27)9-12(15)8-13(11-25)20(16)21(22)17-10-18(17)23(22)7-5-19(26)28-23/h5,7,9,13,15-18,20-21,25,27H,2-4,6,8,10-11H2,1H3/b24-14+/t13-,15+,16?,17-,18+,20?,21?,22+,23+/m1/s1. The van der Waals surface area contributed by atoms with Crippen molar-refractivity contribution in [2.75, 3.05) is 6.61 Å². The smallest absolute Gasteiger partial charge is 0.331 e. The van der Waals surface area contributed by atoms with Gasteiger partial charge in [-0.05, 0) is 86.2 Å². The van der Waals surface area contributed by atoms with Gasteiger partial charge in [0.1, 0.15) is 5.60 Å². The molecule has 0 aromatic heterocycles. The molecule has 28 heavy (non-hydrogen) atoms. The maximum Gasteiger partial charge on any atom is 0.331 e. The maximum absolute atomic E-state index is 12.0. The van der Waals surface area contributed by atoms with Gasteiger partial charge in [0.05, 0.1) is 5.71 Å². The molecule has 5 aliphatic carbocycles. The Hall–Kier alpha value is -1.62. The summed E-state index contributed by atoms with van der Waals surface area (Å²) >= 11 is 0. The van der Waals surface area contributed by atoms with Gasteiger partial charge in [0, 0.05) is 24.0 Å². The summed E-state index contributed by atoms with van der Waals surface area (Å²) in [7, 11) is 0. The van der Waals surface area contributed by atoms with E-state index in [1.807, 2.05) is 0 Å². The Morgan fingerprint density at radius 1 is 1.32 bits per heavy atom. The number of carbonyl (C=O) groups excluding carboxylic acids is 1. The third kappa shape index (κ3) is 1.92. The van der Waals surface area contributed by atoms with Crippen molar-refractivity contribution in [1.29, 1.82) is 0 Å². The van der Waals surface area contributed by atoms with Gasteiger partial charge >= 0.3 is 5.97 Å². The van der Waals surface area contributed by atoms with E-state index in [1.54, 1.807) is 6.08 Å². The van der Waals surface area contributed by atoms with Gasteiger partial charge < -0.3 is 15.1 Å². The van der Waals surface area contributed by atoms with Crippen LogP contribution in [0.5, 0.6) is 0 Å². The summed E-state index contributed by atoms with van der Waals surface area (Å²) in [4.78, 5) is 12.0. The van der Waals surface area contributed by atoms with E-state index < -0.39 is 5.60 Å². The molecule has 4 fully saturated rings. The molecular weight excluding hydrogens is 354 g/mol. The lowest BCUT2D eigenvalue weighted by atomic mass is 9.47. The highest BCUT2D eigenvalue weighted by molar-refractivity contribution is 5.96. The second-order valence-electron chi connectivity index (χ2n) is 10.4. The minimum Gasteiger partial charge on any atom is -0.451 e. The zero-order valence-electron chi connectivity index (χ0n) is 16.4. The monoisotopic (exact) mass is 383 g/mol. The number of hydrogen-bond acceptors (Lipinski definition) is 5. The Labute approximate surface area is 165 Å². The van der Waals surface area contributed by atoms with E-state index in [0.29, 0.717) is 35.5 Å². The third-order valence-corrected chi connectivity index (χ3v) is 9.58. The molecule has 150 valence electrons. The lowest BCUT2D eigenvalue weighted by Gasteiger charge is -2.58. The topological polar surface area (TPSA) is 79.1 Å². The average molecular weight is 383 g/mol. The molecule has 4 saturated carbocycles. The Balaban J connectivity index is 1.41. The van der Waals surface area contributed by atoms with E-state index in [0.717, 1.165) is 44.2 Å².